The van der Waals surface area contributed by atoms with E-state index in [1.54, 1.807) is 0 Å². The fourth-order valence-electron chi connectivity index (χ4n) is 2.99. The van der Waals surface area contributed by atoms with Crippen molar-refractivity contribution < 1.29 is 0 Å². The highest BCUT2D eigenvalue weighted by Crippen LogP contribution is 2.34. The predicted molar refractivity (Wildman–Crippen MR) is 73.4 cm³/mol. The standard InChI is InChI=1S/C14H20N4/c1-9-3-5-16-14-13(9)11(8-17-14)12-7-10(15)4-6-18(12)2/h3,5,8,10,12H,4,6-7,15H2,1-2H3,(H,16,17). The summed E-state index contributed by atoms with van der Waals surface area (Å²) >= 11 is 0. The molecule has 2 atom stereocenters. The first-order valence-corrected chi connectivity index (χ1v) is 6.55. The number of H-pyrrole nitrogens is 1. The van der Waals surface area contributed by atoms with Crippen molar-refractivity contribution in [1.82, 2.24) is 14.9 Å². The van der Waals surface area contributed by atoms with Crippen LogP contribution in [0.2, 0.25) is 0 Å². The van der Waals surface area contributed by atoms with Crippen molar-refractivity contribution in [3.05, 3.63) is 29.6 Å². The molecular weight excluding hydrogens is 224 g/mol. The van der Waals surface area contributed by atoms with Crippen molar-refractivity contribution >= 4 is 11.0 Å². The average molecular weight is 244 g/mol. The number of rotatable bonds is 1. The quantitative estimate of drug-likeness (QED) is 0.806. The van der Waals surface area contributed by atoms with E-state index < -0.39 is 0 Å². The Morgan fingerprint density at radius 1 is 1.50 bits per heavy atom. The maximum atomic E-state index is 6.12. The zero-order chi connectivity index (χ0) is 12.7. The molecule has 0 aromatic carbocycles. The van der Waals surface area contributed by atoms with Crippen LogP contribution in [0.3, 0.4) is 0 Å². The highest BCUT2D eigenvalue weighted by molar-refractivity contribution is 5.83. The van der Waals surface area contributed by atoms with E-state index in [4.69, 9.17) is 5.73 Å². The van der Waals surface area contributed by atoms with Gasteiger partial charge in [-0.05, 0) is 50.6 Å². The Labute approximate surface area is 107 Å². The summed E-state index contributed by atoms with van der Waals surface area (Å²) in [4.78, 5) is 10.1. The second-order valence-electron chi connectivity index (χ2n) is 5.38. The maximum absolute atomic E-state index is 6.12. The molecule has 2 aromatic heterocycles. The topological polar surface area (TPSA) is 57.9 Å². The molecule has 18 heavy (non-hydrogen) atoms. The lowest BCUT2D eigenvalue weighted by atomic mass is 9.92. The van der Waals surface area contributed by atoms with Crippen LogP contribution < -0.4 is 5.73 Å². The largest absolute Gasteiger partial charge is 0.346 e. The van der Waals surface area contributed by atoms with Gasteiger partial charge in [0.15, 0.2) is 0 Å². The normalized spacial score (nSPS) is 25.7. The van der Waals surface area contributed by atoms with E-state index >= 15 is 0 Å². The zero-order valence-corrected chi connectivity index (χ0v) is 11.0. The van der Waals surface area contributed by atoms with Crippen molar-refractivity contribution in [1.29, 1.82) is 0 Å². The first-order valence-electron chi connectivity index (χ1n) is 6.55. The van der Waals surface area contributed by atoms with E-state index in [-0.39, 0.29) is 0 Å². The lowest BCUT2D eigenvalue weighted by molar-refractivity contribution is 0.172. The first-order chi connectivity index (χ1) is 8.66. The molecule has 96 valence electrons. The number of aromatic nitrogens is 2. The Morgan fingerprint density at radius 2 is 2.33 bits per heavy atom. The predicted octanol–water partition coefficient (Wildman–Crippen LogP) is 1.97. The molecule has 2 unspecified atom stereocenters. The van der Waals surface area contributed by atoms with Crippen LogP contribution in [0.5, 0.6) is 0 Å². The van der Waals surface area contributed by atoms with Gasteiger partial charge in [0.2, 0.25) is 0 Å². The molecule has 0 aliphatic carbocycles. The van der Waals surface area contributed by atoms with Gasteiger partial charge in [0.1, 0.15) is 5.65 Å². The van der Waals surface area contributed by atoms with Crippen LogP contribution in [0.15, 0.2) is 18.5 Å². The Balaban J connectivity index is 2.08. The highest BCUT2D eigenvalue weighted by Gasteiger charge is 2.27. The van der Waals surface area contributed by atoms with E-state index in [1.807, 2.05) is 6.20 Å². The summed E-state index contributed by atoms with van der Waals surface area (Å²) in [5.74, 6) is 0. The third-order valence-electron chi connectivity index (χ3n) is 4.08. The molecule has 3 N–H and O–H groups in total. The molecular formula is C14H20N4. The second-order valence-corrected chi connectivity index (χ2v) is 5.38. The van der Waals surface area contributed by atoms with Crippen LogP contribution in [-0.4, -0.2) is 34.5 Å². The number of pyridine rings is 1. The molecule has 0 amide bonds. The number of aromatic amines is 1. The summed E-state index contributed by atoms with van der Waals surface area (Å²) in [5, 5.41) is 1.27. The summed E-state index contributed by atoms with van der Waals surface area (Å²) in [5.41, 5.74) is 9.73. The van der Waals surface area contributed by atoms with E-state index in [0.717, 1.165) is 25.0 Å². The minimum atomic E-state index is 0.313. The summed E-state index contributed by atoms with van der Waals surface area (Å²) < 4.78 is 0. The maximum Gasteiger partial charge on any atom is 0.137 e. The third-order valence-corrected chi connectivity index (χ3v) is 4.08. The van der Waals surface area contributed by atoms with Gasteiger partial charge in [-0.25, -0.2) is 4.98 Å². The van der Waals surface area contributed by atoms with Gasteiger partial charge in [-0.1, -0.05) is 0 Å². The fourth-order valence-corrected chi connectivity index (χ4v) is 2.99. The Hall–Kier alpha value is -1.39. The molecule has 0 radical (unpaired) electrons. The molecule has 2 aromatic rings. The molecule has 1 aliphatic rings. The number of nitrogens with zero attached hydrogens (tertiary/aromatic N) is 2. The first kappa shape index (κ1) is 11.7. The molecule has 3 heterocycles. The van der Waals surface area contributed by atoms with Gasteiger partial charge in [-0.3, -0.25) is 4.90 Å². The van der Waals surface area contributed by atoms with Crippen LogP contribution in [0.25, 0.3) is 11.0 Å². The molecule has 4 nitrogen and oxygen atoms in total. The molecule has 1 aliphatic heterocycles. The van der Waals surface area contributed by atoms with Crippen LogP contribution >= 0.6 is 0 Å². The summed E-state index contributed by atoms with van der Waals surface area (Å²) in [7, 11) is 2.18. The van der Waals surface area contributed by atoms with Crippen LogP contribution in [0, 0.1) is 6.92 Å². The SMILES string of the molecule is Cc1ccnc2[nH]cc(C3CC(N)CCN3C)c12. The Kier molecular flexibility index (Phi) is 2.84. The number of likely N-dealkylation sites (tertiary alicyclic amines) is 1. The van der Waals surface area contributed by atoms with Gasteiger partial charge in [0.05, 0.1) is 0 Å². The summed E-state index contributed by atoms with van der Waals surface area (Å²) in [6, 6.07) is 2.79. The third kappa shape index (κ3) is 1.82. The van der Waals surface area contributed by atoms with E-state index in [2.05, 4.69) is 41.1 Å². The van der Waals surface area contributed by atoms with Gasteiger partial charge in [0.25, 0.3) is 0 Å². The molecule has 0 saturated carbocycles. The van der Waals surface area contributed by atoms with Crippen molar-refractivity contribution in [2.24, 2.45) is 5.73 Å². The Morgan fingerprint density at radius 3 is 3.17 bits per heavy atom. The number of hydrogen-bond acceptors (Lipinski definition) is 3. The number of nitrogens with one attached hydrogen (secondary N) is 1. The van der Waals surface area contributed by atoms with Gasteiger partial charge in [-0.2, -0.15) is 0 Å². The smallest absolute Gasteiger partial charge is 0.137 e. The lowest BCUT2D eigenvalue weighted by Crippen LogP contribution is -2.39. The zero-order valence-electron chi connectivity index (χ0n) is 11.0. The molecule has 0 spiro atoms. The number of fused-ring (bicyclic) bond motifs is 1. The minimum absolute atomic E-state index is 0.313. The summed E-state index contributed by atoms with van der Waals surface area (Å²) in [6.07, 6.45) is 6.07. The second kappa shape index (κ2) is 4.37. The van der Waals surface area contributed by atoms with Crippen molar-refractivity contribution in [2.45, 2.75) is 31.8 Å². The van der Waals surface area contributed by atoms with Crippen LogP contribution in [0.1, 0.15) is 30.0 Å². The number of aryl methyl sites for hydroxylation is 1. The molecule has 1 saturated heterocycles. The van der Waals surface area contributed by atoms with Gasteiger partial charge >= 0.3 is 0 Å². The van der Waals surface area contributed by atoms with Crippen LogP contribution in [0.4, 0.5) is 0 Å². The van der Waals surface area contributed by atoms with Crippen molar-refractivity contribution in [3.63, 3.8) is 0 Å². The van der Waals surface area contributed by atoms with E-state index in [1.165, 1.54) is 16.5 Å². The van der Waals surface area contributed by atoms with Crippen molar-refractivity contribution in [3.8, 4) is 0 Å². The number of nitrogens with two attached hydrogens (primary N) is 1. The lowest BCUT2D eigenvalue weighted by Gasteiger charge is -2.35. The number of piperidine rings is 1. The number of hydrogen-bond donors (Lipinski definition) is 2. The van der Waals surface area contributed by atoms with Crippen LogP contribution in [-0.2, 0) is 0 Å². The van der Waals surface area contributed by atoms with E-state index in [9.17, 15) is 0 Å². The monoisotopic (exact) mass is 244 g/mol. The Bertz CT molecular complexity index is 560. The van der Waals surface area contributed by atoms with Gasteiger partial charge in [0, 0.05) is 29.9 Å². The van der Waals surface area contributed by atoms with Crippen molar-refractivity contribution in [2.75, 3.05) is 13.6 Å². The average Bonchev–Trinajstić information content (AvgIpc) is 2.77. The minimum Gasteiger partial charge on any atom is -0.346 e. The molecule has 0 bridgehead atoms. The van der Waals surface area contributed by atoms with Gasteiger partial charge < -0.3 is 10.7 Å². The van der Waals surface area contributed by atoms with Gasteiger partial charge in [-0.15, -0.1) is 0 Å². The van der Waals surface area contributed by atoms with E-state index in [0.29, 0.717) is 12.1 Å². The summed E-state index contributed by atoms with van der Waals surface area (Å²) in [6.45, 7) is 3.21. The highest BCUT2D eigenvalue weighted by atomic mass is 15.1. The fraction of sp³-hybridized carbons (Fsp3) is 0.500. The molecule has 1 fully saturated rings. The molecule has 4 heteroatoms. The molecule has 3 rings (SSSR count).